The van der Waals surface area contributed by atoms with Gasteiger partial charge in [0.1, 0.15) is 11.5 Å². The first kappa shape index (κ1) is 25.1. The largest absolute Gasteiger partial charge is 0.507 e. The lowest BCUT2D eigenvalue weighted by Crippen LogP contribution is -2.32. The zero-order valence-corrected chi connectivity index (χ0v) is 20.0. The smallest absolute Gasteiger partial charge is 0.295 e. The van der Waals surface area contributed by atoms with Crippen LogP contribution in [0.2, 0.25) is 0 Å². The second-order valence-electron chi connectivity index (χ2n) is 7.70. The fraction of sp³-hybridized carbons (Fsp3) is 0.385. The van der Waals surface area contributed by atoms with E-state index in [1.165, 1.54) is 19.1 Å². The van der Waals surface area contributed by atoms with Crippen LogP contribution in [-0.2, 0) is 14.3 Å². The van der Waals surface area contributed by atoms with Gasteiger partial charge in [0, 0.05) is 19.2 Å². The number of benzene rings is 2. The Labute approximate surface area is 199 Å². The van der Waals surface area contributed by atoms with Gasteiger partial charge in [-0.15, -0.1) is 0 Å². The van der Waals surface area contributed by atoms with Gasteiger partial charge in [-0.1, -0.05) is 25.1 Å². The van der Waals surface area contributed by atoms with Gasteiger partial charge in [0.05, 0.1) is 38.5 Å². The molecule has 1 amide bonds. The maximum absolute atomic E-state index is 13.1. The molecule has 2 aromatic carbocycles. The third-order valence-electron chi connectivity index (χ3n) is 5.46. The van der Waals surface area contributed by atoms with Gasteiger partial charge in [-0.05, 0) is 43.2 Å². The van der Waals surface area contributed by atoms with E-state index in [-0.39, 0.29) is 24.5 Å². The molecule has 34 heavy (non-hydrogen) atoms. The van der Waals surface area contributed by atoms with Gasteiger partial charge in [0.15, 0.2) is 11.5 Å². The lowest BCUT2D eigenvalue weighted by Gasteiger charge is -2.25. The first-order valence-corrected chi connectivity index (χ1v) is 11.3. The van der Waals surface area contributed by atoms with Crippen molar-refractivity contribution < 1.29 is 33.6 Å². The highest BCUT2D eigenvalue weighted by Crippen LogP contribution is 2.42. The summed E-state index contributed by atoms with van der Waals surface area (Å²) in [6.45, 7) is 5.20. The number of likely N-dealkylation sites (tertiary alicyclic amines) is 1. The summed E-state index contributed by atoms with van der Waals surface area (Å²) in [6.07, 6.45) is 0.834. The zero-order valence-electron chi connectivity index (χ0n) is 20.0. The van der Waals surface area contributed by atoms with Crippen molar-refractivity contribution in [3.63, 3.8) is 0 Å². The number of ether oxygens (including phenoxy) is 4. The first-order chi connectivity index (χ1) is 16.5. The van der Waals surface area contributed by atoms with Crippen LogP contribution in [0.3, 0.4) is 0 Å². The van der Waals surface area contributed by atoms with Crippen LogP contribution in [0, 0.1) is 0 Å². The third-order valence-corrected chi connectivity index (χ3v) is 5.46. The lowest BCUT2D eigenvalue weighted by atomic mass is 9.95. The molecule has 1 atom stereocenters. The summed E-state index contributed by atoms with van der Waals surface area (Å²) in [5.74, 6) is -0.142. The molecule has 1 unspecified atom stereocenters. The van der Waals surface area contributed by atoms with Crippen molar-refractivity contribution in [1.82, 2.24) is 4.90 Å². The standard InChI is InChI=1S/C26H31NO7/c1-5-13-34-19-9-7-8-18(15-19)24(28)22-23(27(12-14-31-3)26(30)25(22)29)17-10-11-20(32-4)21(16-17)33-6-2/h7-11,15-16,23,28H,5-6,12-14H2,1-4H3/b24-22-. The summed E-state index contributed by atoms with van der Waals surface area (Å²) in [6, 6.07) is 11.2. The van der Waals surface area contributed by atoms with Gasteiger partial charge in [-0.25, -0.2) is 0 Å². The lowest BCUT2D eigenvalue weighted by molar-refractivity contribution is -0.140. The van der Waals surface area contributed by atoms with Crippen LogP contribution in [0.15, 0.2) is 48.0 Å². The van der Waals surface area contributed by atoms with Crippen molar-refractivity contribution >= 4 is 17.4 Å². The number of hydrogen-bond acceptors (Lipinski definition) is 7. The highest BCUT2D eigenvalue weighted by molar-refractivity contribution is 6.46. The summed E-state index contributed by atoms with van der Waals surface area (Å²) in [7, 11) is 3.06. The van der Waals surface area contributed by atoms with Gasteiger partial charge in [-0.3, -0.25) is 9.59 Å². The summed E-state index contributed by atoms with van der Waals surface area (Å²) < 4.78 is 21.9. The van der Waals surface area contributed by atoms with Crippen LogP contribution in [0.5, 0.6) is 17.2 Å². The molecule has 1 saturated heterocycles. The monoisotopic (exact) mass is 469 g/mol. The van der Waals surface area contributed by atoms with Crippen LogP contribution in [0.4, 0.5) is 0 Å². The minimum Gasteiger partial charge on any atom is -0.507 e. The molecule has 1 heterocycles. The van der Waals surface area contributed by atoms with Gasteiger partial charge in [0.25, 0.3) is 11.7 Å². The van der Waals surface area contributed by atoms with E-state index < -0.39 is 17.7 Å². The van der Waals surface area contributed by atoms with E-state index in [1.54, 1.807) is 42.5 Å². The number of methoxy groups -OCH3 is 2. The molecule has 0 bridgehead atoms. The normalized spacial score (nSPS) is 17.2. The number of aliphatic hydroxyl groups excluding tert-OH is 1. The maximum atomic E-state index is 13.1. The molecule has 182 valence electrons. The molecule has 1 aliphatic heterocycles. The second kappa shape index (κ2) is 11.6. The molecule has 0 saturated carbocycles. The Hall–Kier alpha value is -3.52. The fourth-order valence-corrected chi connectivity index (χ4v) is 3.89. The Bertz CT molecular complexity index is 1060. The quantitative estimate of drug-likeness (QED) is 0.302. The molecule has 2 aromatic rings. The Morgan fingerprint density at radius 2 is 1.79 bits per heavy atom. The van der Waals surface area contributed by atoms with E-state index in [9.17, 15) is 14.7 Å². The van der Waals surface area contributed by atoms with Gasteiger partial charge < -0.3 is 29.0 Å². The molecular formula is C26H31NO7. The summed E-state index contributed by atoms with van der Waals surface area (Å²) in [4.78, 5) is 27.5. The highest BCUT2D eigenvalue weighted by atomic mass is 16.5. The third kappa shape index (κ3) is 5.17. The van der Waals surface area contributed by atoms with E-state index in [0.717, 1.165) is 6.42 Å². The summed E-state index contributed by atoms with van der Waals surface area (Å²) in [5, 5.41) is 11.2. The van der Waals surface area contributed by atoms with Crippen LogP contribution in [0.1, 0.15) is 37.4 Å². The number of carbonyl (C=O) groups excluding carboxylic acids is 2. The Morgan fingerprint density at radius 1 is 1.00 bits per heavy atom. The van der Waals surface area contributed by atoms with Crippen molar-refractivity contribution in [3.05, 3.63) is 59.2 Å². The topological polar surface area (TPSA) is 94.5 Å². The second-order valence-corrected chi connectivity index (χ2v) is 7.70. The highest BCUT2D eigenvalue weighted by Gasteiger charge is 2.46. The van der Waals surface area contributed by atoms with Gasteiger partial charge >= 0.3 is 0 Å². The van der Waals surface area contributed by atoms with Crippen LogP contribution in [-0.4, -0.2) is 62.3 Å². The molecule has 1 fully saturated rings. The van der Waals surface area contributed by atoms with E-state index in [1.807, 2.05) is 13.8 Å². The van der Waals surface area contributed by atoms with Crippen LogP contribution < -0.4 is 14.2 Å². The maximum Gasteiger partial charge on any atom is 0.295 e. The minimum atomic E-state index is -0.819. The SMILES string of the molecule is CCCOc1cccc(/C(O)=C2/C(=O)C(=O)N(CCOC)C2c2ccc(OC)c(OCC)c2)c1. The first-order valence-electron chi connectivity index (χ1n) is 11.3. The number of ketones is 1. The summed E-state index contributed by atoms with van der Waals surface area (Å²) in [5.41, 5.74) is 1.00. The molecule has 0 spiro atoms. The molecule has 0 aromatic heterocycles. The molecule has 0 aliphatic carbocycles. The average Bonchev–Trinajstić information content (AvgIpc) is 3.11. The van der Waals surface area contributed by atoms with Crippen LogP contribution in [0.25, 0.3) is 5.76 Å². The number of carbonyl (C=O) groups is 2. The average molecular weight is 470 g/mol. The number of aliphatic hydroxyl groups is 1. The number of Topliss-reactive ketones (excluding diaryl/α,β-unsaturated/α-hetero) is 1. The molecule has 3 rings (SSSR count). The van der Waals surface area contributed by atoms with E-state index in [2.05, 4.69) is 0 Å². The predicted octanol–water partition coefficient (Wildman–Crippen LogP) is 3.95. The van der Waals surface area contributed by atoms with Crippen molar-refractivity contribution in [2.75, 3.05) is 40.6 Å². The van der Waals surface area contributed by atoms with E-state index in [0.29, 0.717) is 41.6 Å². The number of hydrogen-bond donors (Lipinski definition) is 1. The van der Waals surface area contributed by atoms with E-state index in [4.69, 9.17) is 18.9 Å². The van der Waals surface area contributed by atoms with Gasteiger partial charge in [-0.2, -0.15) is 0 Å². The minimum absolute atomic E-state index is 0.00126. The molecule has 8 nitrogen and oxygen atoms in total. The zero-order chi connectivity index (χ0) is 24.7. The molecule has 1 N–H and O–H groups in total. The Balaban J connectivity index is 2.15. The van der Waals surface area contributed by atoms with Gasteiger partial charge in [0.2, 0.25) is 0 Å². The van der Waals surface area contributed by atoms with Crippen LogP contribution >= 0.6 is 0 Å². The van der Waals surface area contributed by atoms with Crippen molar-refractivity contribution in [3.8, 4) is 17.2 Å². The number of nitrogens with zero attached hydrogens (tertiary/aromatic N) is 1. The van der Waals surface area contributed by atoms with Crippen molar-refractivity contribution in [1.29, 1.82) is 0 Å². The Kier molecular flexibility index (Phi) is 8.54. The molecular weight excluding hydrogens is 438 g/mol. The van der Waals surface area contributed by atoms with E-state index >= 15 is 0 Å². The Morgan fingerprint density at radius 3 is 2.47 bits per heavy atom. The molecule has 1 aliphatic rings. The van der Waals surface area contributed by atoms with Crippen molar-refractivity contribution in [2.45, 2.75) is 26.3 Å². The summed E-state index contributed by atoms with van der Waals surface area (Å²) >= 11 is 0. The number of rotatable bonds is 11. The molecule has 0 radical (unpaired) electrons. The fourth-order valence-electron chi connectivity index (χ4n) is 3.89. The predicted molar refractivity (Wildman–Crippen MR) is 127 cm³/mol. The molecule has 8 heteroatoms. The van der Waals surface area contributed by atoms with Crippen molar-refractivity contribution in [2.24, 2.45) is 0 Å². The number of amides is 1.